The van der Waals surface area contributed by atoms with Gasteiger partial charge in [0.05, 0.1) is 0 Å². The van der Waals surface area contributed by atoms with Gasteiger partial charge in [-0.25, -0.2) is 9.78 Å². The summed E-state index contributed by atoms with van der Waals surface area (Å²) < 4.78 is 41.4. The molecule has 0 spiro atoms. The predicted molar refractivity (Wildman–Crippen MR) is 100 cm³/mol. The number of amides is 2. The number of halogens is 3. The highest BCUT2D eigenvalue weighted by Crippen LogP contribution is 2.20. The summed E-state index contributed by atoms with van der Waals surface area (Å²) in [6.07, 6.45) is -4.41. The van der Waals surface area contributed by atoms with E-state index in [9.17, 15) is 18.0 Å². The molecule has 0 aliphatic heterocycles. The molecule has 152 valence electrons. The molecular formula is C19H18F3N5O2. The predicted octanol–water partition coefficient (Wildman–Crippen LogP) is 4.04. The summed E-state index contributed by atoms with van der Waals surface area (Å²) in [5.41, 5.74) is 1.89. The second kappa shape index (κ2) is 8.63. The number of urea groups is 1. The third-order valence-corrected chi connectivity index (χ3v) is 3.73. The molecule has 0 atom stereocenters. The summed E-state index contributed by atoms with van der Waals surface area (Å²) in [7, 11) is 0. The molecule has 29 heavy (non-hydrogen) atoms. The molecular weight excluding hydrogens is 387 g/mol. The highest BCUT2D eigenvalue weighted by molar-refractivity contribution is 5.89. The van der Waals surface area contributed by atoms with Crippen LogP contribution in [0.4, 0.5) is 23.7 Å². The molecule has 0 saturated heterocycles. The third kappa shape index (κ3) is 6.23. The van der Waals surface area contributed by atoms with Crippen molar-refractivity contribution in [1.29, 1.82) is 0 Å². The summed E-state index contributed by atoms with van der Waals surface area (Å²) >= 11 is 0. The van der Waals surface area contributed by atoms with Crippen molar-refractivity contribution in [2.75, 3.05) is 11.9 Å². The van der Waals surface area contributed by atoms with Crippen LogP contribution in [0.1, 0.15) is 11.4 Å². The monoisotopic (exact) mass is 405 g/mol. The summed E-state index contributed by atoms with van der Waals surface area (Å²) in [5.74, 6) is 1.27. The Morgan fingerprint density at radius 1 is 1.17 bits per heavy atom. The number of alkyl halides is 3. The van der Waals surface area contributed by atoms with E-state index in [2.05, 4.69) is 25.8 Å². The van der Waals surface area contributed by atoms with Gasteiger partial charge >= 0.3 is 12.2 Å². The Morgan fingerprint density at radius 2 is 1.97 bits per heavy atom. The van der Waals surface area contributed by atoms with Crippen LogP contribution >= 0.6 is 0 Å². The minimum atomic E-state index is -4.41. The first-order chi connectivity index (χ1) is 13.8. The van der Waals surface area contributed by atoms with E-state index >= 15 is 0 Å². The van der Waals surface area contributed by atoms with Gasteiger partial charge in [-0.2, -0.15) is 18.3 Å². The largest absolute Gasteiger partial charge is 0.484 e. The lowest BCUT2D eigenvalue weighted by atomic mass is 10.2. The number of anilines is 1. The van der Waals surface area contributed by atoms with Crippen molar-refractivity contribution in [2.45, 2.75) is 19.6 Å². The molecule has 1 heterocycles. The first kappa shape index (κ1) is 20.2. The number of hydrogen-bond acceptors (Lipinski definition) is 4. The second-order valence-corrected chi connectivity index (χ2v) is 6.18. The summed E-state index contributed by atoms with van der Waals surface area (Å²) in [6, 6.07) is 12.7. The van der Waals surface area contributed by atoms with Gasteiger partial charge < -0.3 is 15.4 Å². The maximum atomic E-state index is 12.2. The first-order valence-corrected chi connectivity index (χ1v) is 8.61. The number of rotatable bonds is 6. The molecule has 2 amide bonds. The van der Waals surface area contributed by atoms with Gasteiger partial charge in [0.15, 0.2) is 12.4 Å². The maximum Gasteiger partial charge on any atom is 0.422 e. The molecule has 0 radical (unpaired) electrons. The number of aryl methyl sites for hydroxylation is 1. The molecule has 0 fully saturated rings. The van der Waals surface area contributed by atoms with E-state index in [0.717, 1.165) is 5.56 Å². The Hall–Kier alpha value is -3.56. The Bertz CT molecular complexity index is 988. The molecule has 0 saturated carbocycles. The molecule has 0 aliphatic carbocycles. The Kier molecular flexibility index (Phi) is 6.01. The second-order valence-electron chi connectivity index (χ2n) is 6.18. The van der Waals surface area contributed by atoms with Crippen molar-refractivity contribution in [1.82, 2.24) is 20.5 Å². The van der Waals surface area contributed by atoms with Gasteiger partial charge in [0, 0.05) is 17.8 Å². The fraction of sp³-hybridized carbons (Fsp3) is 0.211. The normalized spacial score (nSPS) is 11.2. The van der Waals surface area contributed by atoms with Crippen LogP contribution in [0.2, 0.25) is 0 Å². The fourth-order valence-corrected chi connectivity index (χ4v) is 2.48. The van der Waals surface area contributed by atoms with E-state index in [-0.39, 0.29) is 12.3 Å². The van der Waals surface area contributed by atoms with Crippen LogP contribution in [0.15, 0.2) is 48.5 Å². The summed E-state index contributed by atoms with van der Waals surface area (Å²) in [5, 5.41) is 12.2. The number of H-pyrrole nitrogens is 1. The average Bonchev–Trinajstić information content (AvgIpc) is 3.11. The van der Waals surface area contributed by atoms with Gasteiger partial charge in [0.25, 0.3) is 0 Å². The van der Waals surface area contributed by atoms with Crippen LogP contribution in [-0.4, -0.2) is 34.0 Å². The van der Waals surface area contributed by atoms with Crippen LogP contribution in [0, 0.1) is 6.92 Å². The van der Waals surface area contributed by atoms with Crippen molar-refractivity contribution in [3.8, 4) is 17.1 Å². The smallest absolute Gasteiger partial charge is 0.422 e. The lowest BCUT2D eigenvalue weighted by molar-refractivity contribution is -0.153. The first-order valence-electron chi connectivity index (χ1n) is 8.61. The highest BCUT2D eigenvalue weighted by Gasteiger charge is 2.28. The zero-order chi connectivity index (χ0) is 20.9. The number of nitrogens with zero attached hydrogens (tertiary/aromatic N) is 2. The third-order valence-electron chi connectivity index (χ3n) is 3.73. The number of ether oxygens (including phenoxy) is 1. The Morgan fingerprint density at radius 3 is 2.69 bits per heavy atom. The van der Waals surface area contributed by atoms with Crippen molar-refractivity contribution in [2.24, 2.45) is 0 Å². The standard InChI is InChI=1S/C19H18F3N5O2/c1-12-24-17(27-26-12)14-5-3-6-15(9-14)25-18(28)23-10-13-4-2-7-16(8-13)29-11-19(20,21)22/h2-9H,10-11H2,1H3,(H2,23,25,28)(H,24,26,27). The van der Waals surface area contributed by atoms with Crippen LogP contribution < -0.4 is 15.4 Å². The molecule has 0 bridgehead atoms. The molecule has 3 N–H and O–H groups in total. The van der Waals surface area contributed by atoms with Crippen LogP contribution in [0.3, 0.4) is 0 Å². The Balaban J connectivity index is 1.55. The minimum Gasteiger partial charge on any atom is -0.484 e. The highest BCUT2D eigenvalue weighted by atomic mass is 19.4. The van der Waals surface area contributed by atoms with Crippen molar-refractivity contribution in [3.63, 3.8) is 0 Å². The zero-order valence-corrected chi connectivity index (χ0v) is 15.4. The quantitative estimate of drug-likeness (QED) is 0.577. The SMILES string of the molecule is Cc1nc(-c2cccc(NC(=O)NCc3cccc(OCC(F)(F)F)c3)c2)n[nH]1. The number of nitrogens with one attached hydrogen (secondary N) is 3. The van der Waals surface area contributed by atoms with Crippen molar-refractivity contribution < 1.29 is 22.7 Å². The van der Waals surface area contributed by atoms with Gasteiger partial charge in [-0.1, -0.05) is 24.3 Å². The molecule has 0 unspecified atom stereocenters. The molecule has 3 rings (SSSR count). The van der Waals surface area contributed by atoms with Crippen molar-refractivity contribution in [3.05, 3.63) is 59.9 Å². The molecule has 1 aromatic heterocycles. The minimum absolute atomic E-state index is 0.0801. The molecule has 3 aromatic rings. The molecule has 7 nitrogen and oxygen atoms in total. The summed E-state index contributed by atoms with van der Waals surface area (Å²) in [6.45, 7) is 0.537. The Labute approximate surface area is 164 Å². The zero-order valence-electron chi connectivity index (χ0n) is 15.4. The van der Waals surface area contributed by atoms with E-state index < -0.39 is 18.8 Å². The number of carbonyl (C=O) groups excluding carboxylic acids is 1. The van der Waals surface area contributed by atoms with Gasteiger partial charge in [-0.05, 0) is 36.8 Å². The van der Waals surface area contributed by atoms with Crippen LogP contribution in [0.25, 0.3) is 11.4 Å². The average molecular weight is 405 g/mol. The van der Waals surface area contributed by atoms with E-state index in [0.29, 0.717) is 22.9 Å². The number of aromatic amines is 1. The fourth-order valence-electron chi connectivity index (χ4n) is 2.48. The van der Waals surface area contributed by atoms with Crippen molar-refractivity contribution >= 4 is 11.7 Å². The van der Waals surface area contributed by atoms with Crippen LogP contribution in [-0.2, 0) is 6.54 Å². The van der Waals surface area contributed by atoms with Gasteiger partial charge in [0.1, 0.15) is 11.6 Å². The number of carbonyl (C=O) groups is 1. The van der Waals surface area contributed by atoms with E-state index in [1.807, 2.05) is 6.07 Å². The number of hydrogen-bond donors (Lipinski definition) is 3. The van der Waals surface area contributed by atoms with Crippen LogP contribution in [0.5, 0.6) is 5.75 Å². The molecule has 0 aliphatic rings. The van der Waals surface area contributed by atoms with E-state index in [1.165, 1.54) is 12.1 Å². The number of aromatic nitrogens is 3. The molecule has 2 aromatic carbocycles. The van der Waals surface area contributed by atoms with Gasteiger partial charge in [0.2, 0.25) is 0 Å². The topological polar surface area (TPSA) is 91.9 Å². The van der Waals surface area contributed by atoms with Gasteiger partial charge in [-0.15, -0.1) is 0 Å². The summed E-state index contributed by atoms with van der Waals surface area (Å²) in [4.78, 5) is 16.4. The van der Waals surface area contributed by atoms with Gasteiger partial charge in [-0.3, -0.25) is 5.10 Å². The lowest BCUT2D eigenvalue weighted by Crippen LogP contribution is -2.28. The van der Waals surface area contributed by atoms with E-state index in [4.69, 9.17) is 4.74 Å². The number of benzene rings is 2. The molecule has 10 heteroatoms. The van der Waals surface area contributed by atoms with E-state index in [1.54, 1.807) is 37.3 Å². The lowest BCUT2D eigenvalue weighted by Gasteiger charge is -2.11. The maximum absolute atomic E-state index is 12.2.